The molecule has 6 nitrogen and oxygen atoms in total. The molecule has 6 heteroatoms. The van der Waals surface area contributed by atoms with E-state index in [1.54, 1.807) is 6.08 Å². The summed E-state index contributed by atoms with van der Waals surface area (Å²) in [5, 5.41) is 38.7. The lowest BCUT2D eigenvalue weighted by Gasteiger charge is -2.37. The summed E-state index contributed by atoms with van der Waals surface area (Å²) >= 11 is 0. The fourth-order valence-electron chi connectivity index (χ4n) is 2.12. The second-order valence-corrected chi connectivity index (χ2v) is 5.12. The molecule has 22 heavy (non-hydrogen) atoms. The SMILES string of the molecule is COC(=Cc1ccccc1)[C@](C)(OC)[C@@H](O)[C@H](O)[C@H](O)CO. The summed E-state index contributed by atoms with van der Waals surface area (Å²) in [5.41, 5.74) is -0.577. The van der Waals surface area contributed by atoms with E-state index in [2.05, 4.69) is 0 Å². The van der Waals surface area contributed by atoms with Crippen LogP contribution in [0.1, 0.15) is 12.5 Å². The minimum atomic E-state index is -1.59. The predicted octanol–water partition coefficient (Wildman–Crippen LogP) is 0.154. The molecule has 4 atom stereocenters. The summed E-state index contributed by atoms with van der Waals surface area (Å²) in [4.78, 5) is 0. The second kappa shape index (κ2) is 8.26. The van der Waals surface area contributed by atoms with Crippen LogP contribution in [0.3, 0.4) is 0 Å². The van der Waals surface area contributed by atoms with Crippen LogP contribution in [0.4, 0.5) is 0 Å². The molecule has 1 aromatic rings. The third kappa shape index (κ3) is 4.06. The largest absolute Gasteiger partial charge is 0.498 e. The number of benzene rings is 1. The van der Waals surface area contributed by atoms with E-state index in [0.29, 0.717) is 0 Å². The zero-order chi connectivity index (χ0) is 16.8. The fraction of sp³-hybridized carbons (Fsp3) is 0.500. The van der Waals surface area contributed by atoms with Crippen LogP contribution in [-0.4, -0.2) is 65.2 Å². The molecule has 0 unspecified atom stereocenters. The van der Waals surface area contributed by atoms with E-state index in [1.165, 1.54) is 21.1 Å². The summed E-state index contributed by atoms with van der Waals surface area (Å²) < 4.78 is 10.7. The van der Waals surface area contributed by atoms with E-state index >= 15 is 0 Å². The molecule has 0 saturated heterocycles. The molecule has 0 heterocycles. The van der Waals surface area contributed by atoms with E-state index in [0.717, 1.165) is 5.56 Å². The molecule has 124 valence electrons. The van der Waals surface area contributed by atoms with Gasteiger partial charge in [0.1, 0.15) is 29.7 Å². The Morgan fingerprint density at radius 1 is 1.18 bits per heavy atom. The van der Waals surface area contributed by atoms with Gasteiger partial charge in [0.25, 0.3) is 0 Å². The first kappa shape index (κ1) is 18.6. The molecule has 0 aliphatic rings. The van der Waals surface area contributed by atoms with Crippen LogP contribution in [0, 0.1) is 0 Å². The summed E-state index contributed by atoms with van der Waals surface area (Å²) in [7, 11) is 2.78. The molecule has 1 aromatic carbocycles. The first-order valence-electron chi connectivity index (χ1n) is 6.92. The van der Waals surface area contributed by atoms with Gasteiger partial charge in [0.05, 0.1) is 13.7 Å². The Labute approximate surface area is 130 Å². The Hall–Kier alpha value is -1.44. The van der Waals surface area contributed by atoms with Crippen molar-refractivity contribution in [3.8, 4) is 0 Å². The van der Waals surface area contributed by atoms with Gasteiger partial charge in [-0.15, -0.1) is 0 Å². The van der Waals surface area contributed by atoms with Gasteiger partial charge >= 0.3 is 0 Å². The molecule has 4 N–H and O–H groups in total. The smallest absolute Gasteiger partial charge is 0.150 e. The van der Waals surface area contributed by atoms with Gasteiger partial charge in [0.15, 0.2) is 0 Å². The molecule has 0 aliphatic carbocycles. The maximum atomic E-state index is 10.4. The van der Waals surface area contributed by atoms with Gasteiger partial charge in [0, 0.05) is 7.11 Å². The summed E-state index contributed by atoms with van der Waals surface area (Å²) in [6.45, 7) is 0.853. The molecule has 0 bridgehead atoms. The molecule has 0 aliphatic heterocycles. The number of hydrogen-bond acceptors (Lipinski definition) is 6. The first-order valence-corrected chi connectivity index (χ1v) is 6.92. The van der Waals surface area contributed by atoms with Crippen LogP contribution in [0.5, 0.6) is 0 Å². The van der Waals surface area contributed by atoms with Gasteiger partial charge < -0.3 is 29.9 Å². The molecule has 0 radical (unpaired) electrons. The van der Waals surface area contributed by atoms with Crippen LogP contribution in [0.2, 0.25) is 0 Å². The molecule has 0 aromatic heterocycles. The van der Waals surface area contributed by atoms with Crippen LogP contribution < -0.4 is 0 Å². The van der Waals surface area contributed by atoms with E-state index in [4.69, 9.17) is 14.6 Å². The van der Waals surface area contributed by atoms with Gasteiger partial charge in [0.2, 0.25) is 0 Å². The van der Waals surface area contributed by atoms with Crippen molar-refractivity contribution in [3.05, 3.63) is 41.7 Å². The summed E-state index contributed by atoms with van der Waals surface area (Å²) in [6, 6.07) is 9.27. The first-order chi connectivity index (χ1) is 10.4. The van der Waals surface area contributed by atoms with Gasteiger partial charge in [-0.3, -0.25) is 0 Å². The normalized spacial score (nSPS) is 19.1. The number of ether oxygens (including phenoxy) is 2. The van der Waals surface area contributed by atoms with Crippen molar-refractivity contribution in [2.45, 2.75) is 30.8 Å². The molecule has 0 amide bonds. The Kier molecular flexibility index (Phi) is 6.99. The highest BCUT2D eigenvalue weighted by Gasteiger charge is 2.44. The van der Waals surface area contributed by atoms with E-state index in [9.17, 15) is 15.3 Å². The quantitative estimate of drug-likeness (QED) is 0.510. The van der Waals surface area contributed by atoms with Crippen molar-refractivity contribution in [2.24, 2.45) is 0 Å². The van der Waals surface area contributed by atoms with E-state index < -0.39 is 30.5 Å². The van der Waals surface area contributed by atoms with Crippen LogP contribution in [0.25, 0.3) is 6.08 Å². The van der Waals surface area contributed by atoms with E-state index in [1.807, 2.05) is 30.3 Å². The van der Waals surface area contributed by atoms with Gasteiger partial charge in [-0.1, -0.05) is 30.3 Å². The van der Waals surface area contributed by atoms with Crippen molar-refractivity contribution >= 4 is 6.08 Å². The standard InChI is InChI=1S/C16H24O6/c1-16(22-3,15(20)14(19)12(18)10-17)13(21-2)9-11-7-5-4-6-8-11/h4-9,12,14-15,17-20H,10H2,1-3H3/t12-,14-,15+,16+/m1/s1. The highest BCUT2D eigenvalue weighted by molar-refractivity contribution is 5.53. The van der Waals surface area contributed by atoms with Crippen molar-refractivity contribution < 1.29 is 29.9 Å². The third-order valence-electron chi connectivity index (χ3n) is 3.70. The lowest BCUT2D eigenvalue weighted by Crippen LogP contribution is -2.54. The Balaban J connectivity index is 3.15. The monoisotopic (exact) mass is 312 g/mol. The average molecular weight is 312 g/mol. The third-order valence-corrected chi connectivity index (χ3v) is 3.70. The van der Waals surface area contributed by atoms with Crippen LogP contribution in [-0.2, 0) is 9.47 Å². The molecule has 0 saturated carbocycles. The fourth-order valence-corrected chi connectivity index (χ4v) is 2.12. The van der Waals surface area contributed by atoms with Gasteiger partial charge in [-0.05, 0) is 18.6 Å². The van der Waals surface area contributed by atoms with E-state index in [-0.39, 0.29) is 5.76 Å². The van der Waals surface area contributed by atoms with Crippen molar-refractivity contribution in [3.63, 3.8) is 0 Å². The zero-order valence-electron chi connectivity index (χ0n) is 13.0. The van der Waals surface area contributed by atoms with Crippen LogP contribution in [0.15, 0.2) is 36.1 Å². The minimum Gasteiger partial charge on any atom is -0.498 e. The molecule has 0 fully saturated rings. The number of methoxy groups -OCH3 is 2. The minimum absolute atomic E-state index is 0.276. The molecule has 0 spiro atoms. The Morgan fingerprint density at radius 3 is 2.23 bits per heavy atom. The van der Waals surface area contributed by atoms with Crippen molar-refractivity contribution in [2.75, 3.05) is 20.8 Å². The number of rotatable bonds is 8. The lowest BCUT2D eigenvalue weighted by molar-refractivity contribution is -0.160. The summed E-state index contributed by atoms with van der Waals surface area (Å²) in [6.07, 6.45) is -2.91. The number of aliphatic hydroxyl groups excluding tert-OH is 4. The van der Waals surface area contributed by atoms with Crippen LogP contribution >= 0.6 is 0 Å². The second-order valence-electron chi connectivity index (χ2n) is 5.12. The number of aliphatic hydroxyl groups is 4. The van der Waals surface area contributed by atoms with Gasteiger partial charge in [-0.2, -0.15) is 0 Å². The Morgan fingerprint density at radius 2 is 1.77 bits per heavy atom. The number of hydrogen-bond donors (Lipinski definition) is 4. The average Bonchev–Trinajstić information content (AvgIpc) is 2.57. The maximum Gasteiger partial charge on any atom is 0.150 e. The highest BCUT2D eigenvalue weighted by atomic mass is 16.5. The summed E-state index contributed by atoms with van der Waals surface area (Å²) in [5.74, 6) is 0.276. The zero-order valence-corrected chi connectivity index (χ0v) is 13.0. The molecular formula is C16H24O6. The molecular weight excluding hydrogens is 288 g/mol. The topological polar surface area (TPSA) is 99.4 Å². The van der Waals surface area contributed by atoms with Gasteiger partial charge in [-0.25, -0.2) is 0 Å². The van der Waals surface area contributed by atoms with Crippen molar-refractivity contribution in [1.82, 2.24) is 0 Å². The maximum absolute atomic E-state index is 10.4. The van der Waals surface area contributed by atoms with Crippen molar-refractivity contribution in [1.29, 1.82) is 0 Å². The molecule has 1 rings (SSSR count). The Bertz CT molecular complexity index is 475. The predicted molar refractivity (Wildman–Crippen MR) is 81.9 cm³/mol. The lowest BCUT2D eigenvalue weighted by atomic mass is 9.89. The highest BCUT2D eigenvalue weighted by Crippen LogP contribution is 2.30.